The Balaban J connectivity index is 3.24. The highest BCUT2D eigenvalue weighted by Gasteiger charge is 2.45. The number of hydrogen-bond acceptors (Lipinski definition) is 5. The van der Waals surface area contributed by atoms with E-state index in [1.54, 1.807) is 0 Å². The van der Waals surface area contributed by atoms with Crippen LogP contribution in [0.3, 0.4) is 0 Å². The second-order valence-corrected chi connectivity index (χ2v) is 16.0. The van der Waals surface area contributed by atoms with Crippen LogP contribution < -0.4 is 11.1 Å². The molecule has 1 rings (SSSR count). The minimum atomic E-state index is -2.03. The van der Waals surface area contributed by atoms with Crippen molar-refractivity contribution in [3.63, 3.8) is 0 Å². The van der Waals surface area contributed by atoms with Gasteiger partial charge >= 0.3 is 6.09 Å². The largest absolute Gasteiger partial charge is 0.444 e. The number of ether oxygens (including phenoxy) is 1. The highest BCUT2D eigenvalue weighted by atomic mass is 28.4. The maximum absolute atomic E-state index is 12.6. The van der Waals surface area contributed by atoms with Crippen molar-refractivity contribution in [1.82, 2.24) is 10.2 Å². The van der Waals surface area contributed by atoms with Crippen molar-refractivity contribution in [3.8, 4) is 0 Å². The monoisotopic (exact) mass is 439 g/mol. The number of nitrogens with two attached hydrogens (primary N) is 1. The number of amides is 1. The summed E-state index contributed by atoms with van der Waals surface area (Å²) in [6.45, 7) is 28.3. The fraction of sp³-hybridized carbons (Fsp3) is 0.783. The van der Waals surface area contributed by atoms with Crippen molar-refractivity contribution in [3.05, 3.63) is 23.5 Å². The van der Waals surface area contributed by atoms with E-state index in [0.29, 0.717) is 6.54 Å². The molecule has 3 N–H and O–H groups in total. The Morgan fingerprint density at radius 2 is 1.67 bits per heavy atom. The topological polar surface area (TPSA) is 76.8 Å². The summed E-state index contributed by atoms with van der Waals surface area (Å²) < 4.78 is 12.4. The van der Waals surface area contributed by atoms with E-state index in [1.807, 2.05) is 34.6 Å². The lowest BCUT2D eigenvalue weighted by Gasteiger charge is -2.49. The molecule has 0 saturated carbocycles. The van der Waals surface area contributed by atoms with E-state index < -0.39 is 20.0 Å². The Labute approximate surface area is 185 Å². The minimum Gasteiger partial charge on any atom is -0.444 e. The van der Waals surface area contributed by atoms with Gasteiger partial charge < -0.3 is 25.1 Å². The molecule has 1 heterocycles. The van der Waals surface area contributed by atoms with Gasteiger partial charge in [0.1, 0.15) is 5.60 Å². The lowest BCUT2D eigenvalue weighted by Crippen LogP contribution is -2.62. The maximum Gasteiger partial charge on any atom is 0.408 e. The van der Waals surface area contributed by atoms with E-state index in [-0.39, 0.29) is 23.1 Å². The predicted octanol–water partition coefficient (Wildman–Crippen LogP) is 4.99. The number of piperidine rings is 1. The molecule has 3 atom stereocenters. The van der Waals surface area contributed by atoms with Crippen molar-refractivity contribution < 1.29 is 14.0 Å². The Hall–Kier alpha value is -1.47. The van der Waals surface area contributed by atoms with Gasteiger partial charge in [-0.1, -0.05) is 34.3 Å². The molecule has 7 heteroatoms. The molecule has 1 aliphatic rings. The van der Waals surface area contributed by atoms with E-state index in [2.05, 4.69) is 57.6 Å². The van der Waals surface area contributed by atoms with Crippen LogP contribution in [0.1, 0.15) is 62.3 Å². The van der Waals surface area contributed by atoms with Gasteiger partial charge in [0.25, 0.3) is 0 Å². The van der Waals surface area contributed by atoms with Crippen molar-refractivity contribution in [1.29, 1.82) is 0 Å². The molecule has 0 bridgehead atoms. The van der Waals surface area contributed by atoms with Crippen LogP contribution in [0.4, 0.5) is 4.79 Å². The zero-order valence-corrected chi connectivity index (χ0v) is 22.1. The van der Waals surface area contributed by atoms with Gasteiger partial charge in [-0.3, -0.25) is 0 Å². The smallest absolute Gasteiger partial charge is 0.408 e. The molecule has 0 spiro atoms. The molecule has 1 fully saturated rings. The molecule has 1 aliphatic heterocycles. The third kappa shape index (κ3) is 7.05. The normalized spacial score (nSPS) is 24.2. The lowest BCUT2D eigenvalue weighted by atomic mass is 9.91. The van der Waals surface area contributed by atoms with Crippen LogP contribution in [0.5, 0.6) is 0 Å². The van der Waals surface area contributed by atoms with Crippen molar-refractivity contribution >= 4 is 14.4 Å². The van der Waals surface area contributed by atoms with Crippen molar-refractivity contribution in [2.24, 2.45) is 11.7 Å². The third-order valence-corrected chi connectivity index (χ3v) is 10.4. The Morgan fingerprint density at radius 1 is 1.13 bits per heavy atom. The molecule has 30 heavy (non-hydrogen) atoms. The van der Waals surface area contributed by atoms with E-state index in [4.69, 9.17) is 14.9 Å². The molecule has 1 amide bonds. The van der Waals surface area contributed by atoms with Crippen LogP contribution in [0.25, 0.3) is 0 Å². The first kappa shape index (κ1) is 26.6. The van der Waals surface area contributed by atoms with Gasteiger partial charge in [0.05, 0.1) is 17.8 Å². The zero-order chi connectivity index (χ0) is 23.7. The number of carbonyl (C=O) groups is 1. The van der Waals surface area contributed by atoms with E-state index in [0.717, 1.165) is 23.5 Å². The summed E-state index contributed by atoms with van der Waals surface area (Å²) in [6.07, 6.45) is -0.519. The molecule has 174 valence electrons. The number of nitrogens with zero attached hydrogens (tertiary/aromatic N) is 1. The first-order chi connectivity index (χ1) is 13.4. The molecule has 0 unspecified atom stereocenters. The van der Waals surface area contributed by atoms with Gasteiger partial charge in [0.2, 0.25) is 0 Å². The summed E-state index contributed by atoms with van der Waals surface area (Å²) in [5, 5.41) is 3.17. The van der Waals surface area contributed by atoms with Crippen LogP contribution in [-0.4, -0.2) is 50.1 Å². The minimum absolute atomic E-state index is 0.0803. The van der Waals surface area contributed by atoms with Gasteiger partial charge in [-0.2, -0.15) is 0 Å². The van der Waals surface area contributed by atoms with Gasteiger partial charge in [0, 0.05) is 24.7 Å². The van der Waals surface area contributed by atoms with E-state index in [9.17, 15) is 4.79 Å². The first-order valence-corrected chi connectivity index (χ1v) is 13.8. The molecule has 0 aromatic rings. The number of hydrogen-bond donors (Lipinski definition) is 2. The van der Waals surface area contributed by atoms with Gasteiger partial charge in [-0.05, 0) is 58.3 Å². The molecule has 0 radical (unpaired) electrons. The summed E-state index contributed by atoms with van der Waals surface area (Å²) >= 11 is 0. The Kier molecular flexibility index (Phi) is 8.27. The number of allylic oxidation sites excluding steroid dienone is 2. The quantitative estimate of drug-likeness (QED) is 0.466. The molecular weight excluding hydrogens is 394 g/mol. The van der Waals surface area contributed by atoms with Crippen LogP contribution in [0.2, 0.25) is 18.1 Å². The molecule has 0 aromatic heterocycles. The lowest BCUT2D eigenvalue weighted by molar-refractivity contribution is 0.0103. The van der Waals surface area contributed by atoms with Crippen LogP contribution in [0.15, 0.2) is 23.5 Å². The molecular formula is C23H45N3O3Si. The van der Waals surface area contributed by atoms with E-state index >= 15 is 0 Å². The van der Waals surface area contributed by atoms with Gasteiger partial charge in [-0.15, -0.1) is 0 Å². The van der Waals surface area contributed by atoms with Crippen molar-refractivity contribution in [2.75, 3.05) is 13.1 Å². The number of carbonyl (C=O) groups excluding carboxylic acids is 1. The van der Waals surface area contributed by atoms with Crippen LogP contribution >= 0.6 is 0 Å². The number of nitrogens with one attached hydrogen (secondary N) is 1. The van der Waals surface area contributed by atoms with Crippen LogP contribution in [0, 0.1) is 5.92 Å². The second-order valence-electron chi connectivity index (χ2n) is 11.3. The summed E-state index contributed by atoms with van der Waals surface area (Å²) in [6, 6.07) is -0.216. The van der Waals surface area contributed by atoms with Crippen LogP contribution in [-0.2, 0) is 9.16 Å². The average molecular weight is 440 g/mol. The summed E-state index contributed by atoms with van der Waals surface area (Å²) in [4.78, 5) is 14.9. The SMILES string of the molecule is C=C(C)/C(=C(\C)N)N1C[C@H](C)[C@@H](O[Si](C)(C)C(C)(C)C)[C@H](NC(=O)OC(C)(C)C)C1. The maximum atomic E-state index is 12.6. The highest BCUT2D eigenvalue weighted by Crippen LogP contribution is 2.39. The Bertz CT molecular complexity index is 670. The zero-order valence-electron chi connectivity index (χ0n) is 21.1. The molecule has 0 aromatic carbocycles. The average Bonchev–Trinajstić information content (AvgIpc) is 2.46. The summed E-state index contributed by atoms with van der Waals surface area (Å²) in [5.41, 5.74) is 8.22. The van der Waals surface area contributed by atoms with Gasteiger partial charge in [-0.25, -0.2) is 4.79 Å². The third-order valence-electron chi connectivity index (χ3n) is 5.92. The van der Waals surface area contributed by atoms with Gasteiger partial charge in [0.15, 0.2) is 8.32 Å². The number of alkyl carbamates (subject to hydrolysis) is 1. The highest BCUT2D eigenvalue weighted by molar-refractivity contribution is 6.74. The number of rotatable bonds is 5. The predicted molar refractivity (Wildman–Crippen MR) is 128 cm³/mol. The molecule has 0 aliphatic carbocycles. The first-order valence-electron chi connectivity index (χ1n) is 10.9. The second kappa shape index (κ2) is 9.35. The standard InChI is InChI=1S/C23H45N3O3Si/c1-15(2)19(17(4)24)26-13-16(3)20(29-30(11,12)23(8,9)10)18(14-26)25-21(27)28-22(5,6)7/h16,18,20H,1,13-14,24H2,2-12H3,(H,25,27)/b19-17-/t16-,18+,20+/m0/s1. The Morgan fingerprint density at radius 3 is 2.07 bits per heavy atom. The number of likely N-dealkylation sites (tertiary alicyclic amines) is 1. The molecule has 1 saturated heterocycles. The fourth-order valence-corrected chi connectivity index (χ4v) is 5.03. The fourth-order valence-electron chi connectivity index (χ4n) is 3.60. The summed E-state index contributed by atoms with van der Waals surface area (Å²) in [5.74, 6) is 0.196. The van der Waals surface area contributed by atoms with Crippen molar-refractivity contribution in [2.45, 2.75) is 98.2 Å². The molecule has 6 nitrogen and oxygen atoms in total. The summed E-state index contributed by atoms with van der Waals surface area (Å²) in [7, 11) is -2.03. The van der Waals surface area contributed by atoms with E-state index in [1.165, 1.54) is 0 Å².